The molecule has 1 aliphatic rings. The minimum absolute atomic E-state index is 0.123. The molecule has 1 N–H and O–H groups in total. The molecular formula is C14H15FN4O. The number of anilines is 1. The molecule has 3 heterocycles. The van der Waals surface area contributed by atoms with E-state index in [-0.39, 0.29) is 12.6 Å². The molecule has 0 unspecified atom stereocenters. The van der Waals surface area contributed by atoms with Crippen molar-refractivity contribution in [3.63, 3.8) is 0 Å². The quantitative estimate of drug-likeness (QED) is 0.928. The third-order valence-corrected chi connectivity index (χ3v) is 3.18. The highest BCUT2D eigenvalue weighted by atomic mass is 19.1. The lowest BCUT2D eigenvalue weighted by atomic mass is 10.1. The monoisotopic (exact) mass is 274 g/mol. The van der Waals surface area contributed by atoms with Crippen molar-refractivity contribution < 1.29 is 9.13 Å². The lowest BCUT2D eigenvalue weighted by molar-refractivity contribution is 0.0284. The van der Waals surface area contributed by atoms with Crippen molar-refractivity contribution in [3.05, 3.63) is 36.7 Å². The number of ether oxygens (including phenoxy) is 1. The number of nitrogens with one attached hydrogen (secondary N) is 1. The van der Waals surface area contributed by atoms with Crippen molar-refractivity contribution in [3.8, 4) is 11.4 Å². The minimum atomic E-state index is -1.04. The number of rotatable bonds is 3. The number of aromatic nitrogens is 3. The summed E-state index contributed by atoms with van der Waals surface area (Å²) in [6.45, 7) is 0.676. The van der Waals surface area contributed by atoms with Gasteiger partial charge < -0.3 is 10.1 Å². The zero-order valence-electron chi connectivity index (χ0n) is 10.9. The van der Waals surface area contributed by atoms with Crippen LogP contribution in [0, 0.1) is 0 Å². The fourth-order valence-electron chi connectivity index (χ4n) is 2.12. The Bertz CT molecular complexity index is 566. The third-order valence-electron chi connectivity index (χ3n) is 3.18. The Labute approximate surface area is 116 Å². The van der Waals surface area contributed by atoms with Crippen molar-refractivity contribution in [2.45, 2.75) is 18.6 Å². The van der Waals surface area contributed by atoms with Gasteiger partial charge in [0.15, 0.2) is 0 Å². The molecule has 0 aliphatic carbocycles. The summed E-state index contributed by atoms with van der Waals surface area (Å²) in [5, 5.41) is 3.04. The van der Waals surface area contributed by atoms with Crippen LogP contribution >= 0.6 is 0 Å². The number of alkyl halides is 1. The normalized spacial score (nSPS) is 22.4. The molecule has 2 aromatic rings. The average molecular weight is 274 g/mol. The van der Waals surface area contributed by atoms with E-state index in [2.05, 4.69) is 20.3 Å². The maximum absolute atomic E-state index is 13.7. The van der Waals surface area contributed by atoms with Crippen molar-refractivity contribution in [1.29, 1.82) is 0 Å². The Kier molecular flexibility index (Phi) is 3.83. The Morgan fingerprint density at radius 3 is 2.90 bits per heavy atom. The van der Waals surface area contributed by atoms with Gasteiger partial charge in [-0.1, -0.05) is 6.07 Å². The molecule has 2 aromatic heterocycles. The largest absolute Gasteiger partial charge is 0.378 e. The summed E-state index contributed by atoms with van der Waals surface area (Å²) in [6, 6.07) is 7.10. The Morgan fingerprint density at radius 1 is 1.15 bits per heavy atom. The summed E-state index contributed by atoms with van der Waals surface area (Å²) in [7, 11) is 0. The first-order chi connectivity index (χ1) is 9.83. The van der Waals surface area contributed by atoms with E-state index in [1.807, 2.05) is 18.2 Å². The summed E-state index contributed by atoms with van der Waals surface area (Å²) in [5.41, 5.74) is 1.48. The predicted molar refractivity (Wildman–Crippen MR) is 73.0 cm³/mol. The van der Waals surface area contributed by atoms with Gasteiger partial charge in [0.2, 0.25) is 5.95 Å². The van der Waals surface area contributed by atoms with Crippen molar-refractivity contribution in [2.24, 2.45) is 0 Å². The molecular weight excluding hydrogens is 259 g/mol. The van der Waals surface area contributed by atoms with Crippen LogP contribution in [-0.4, -0.2) is 40.4 Å². The fraction of sp³-hybridized carbons (Fsp3) is 0.357. The summed E-state index contributed by atoms with van der Waals surface area (Å²) in [4.78, 5) is 12.8. The van der Waals surface area contributed by atoms with Crippen LogP contribution in [0.4, 0.5) is 10.3 Å². The first-order valence-electron chi connectivity index (χ1n) is 6.56. The lowest BCUT2D eigenvalue weighted by Gasteiger charge is -2.26. The number of hydrogen-bond acceptors (Lipinski definition) is 5. The second-order valence-electron chi connectivity index (χ2n) is 4.61. The highest BCUT2D eigenvalue weighted by molar-refractivity contribution is 5.54. The lowest BCUT2D eigenvalue weighted by Crippen LogP contribution is -2.39. The number of halogens is 1. The van der Waals surface area contributed by atoms with Gasteiger partial charge in [0.05, 0.1) is 24.0 Å². The molecule has 0 bridgehead atoms. The van der Waals surface area contributed by atoms with Crippen LogP contribution in [0.15, 0.2) is 36.7 Å². The summed E-state index contributed by atoms with van der Waals surface area (Å²) >= 11 is 0. The van der Waals surface area contributed by atoms with Gasteiger partial charge >= 0.3 is 0 Å². The second kappa shape index (κ2) is 5.92. The minimum Gasteiger partial charge on any atom is -0.378 e. The van der Waals surface area contributed by atoms with E-state index in [4.69, 9.17) is 4.74 Å². The van der Waals surface area contributed by atoms with Crippen molar-refractivity contribution in [2.75, 3.05) is 18.5 Å². The summed E-state index contributed by atoms with van der Waals surface area (Å²) in [6.07, 6.45) is 2.93. The van der Waals surface area contributed by atoms with E-state index in [1.54, 1.807) is 18.5 Å². The van der Waals surface area contributed by atoms with Crippen LogP contribution in [0.1, 0.15) is 6.42 Å². The van der Waals surface area contributed by atoms with Crippen molar-refractivity contribution >= 4 is 5.95 Å². The molecule has 0 saturated carbocycles. The van der Waals surface area contributed by atoms with E-state index >= 15 is 0 Å². The van der Waals surface area contributed by atoms with Crippen LogP contribution in [0.25, 0.3) is 11.4 Å². The molecule has 20 heavy (non-hydrogen) atoms. The van der Waals surface area contributed by atoms with E-state index in [9.17, 15) is 4.39 Å². The molecule has 3 rings (SSSR count). The van der Waals surface area contributed by atoms with Gasteiger partial charge in [0.25, 0.3) is 0 Å². The van der Waals surface area contributed by atoms with Gasteiger partial charge in [-0.3, -0.25) is 4.98 Å². The van der Waals surface area contributed by atoms with E-state index < -0.39 is 6.17 Å². The highest BCUT2D eigenvalue weighted by Gasteiger charge is 2.25. The Hall–Kier alpha value is -2.08. The number of pyridine rings is 1. The molecule has 1 aliphatic heterocycles. The van der Waals surface area contributed by atoms with Gasteiger partial charge in [-0.05, 0) is 24.6 Å². The molecule has 0 radical (unpaired) electrons. The van der Waals surface area contributed by atoms with E-state index in [1.165, 1.54) is 0 Å². The van der Waals surface area contributed by atoms with Crippen LogP contribution in [0.3, 0.4) is 0 Å². The smallest absolute Gasteiger partial charge is 0.223 e. The van der Waals surface area contributed by atoms with Gasteiger partial charge in [-0.25, -0.2) is 14.4 Å². The van der Waals surface area contributed by atoms with E-state index in [0.29, 0.717) is 24.7 Å². The maximum Gasteiger partial charge on any atom is 0.223 e. The Morgan fingerprint density at radius 2 is 2.10 bits per heavy atom. The molecule has 1 fully saturated rings. The number of hydrogen-bond donors (Lipinski definition) is 1. The third kappa shape index (κ3) is 2.91. The van der Waals surface area contributed by atoms with Gasteiger partial charge in [-0.15, -0.1) is 0 Å². The molecule has 5 nitrogen and oxygen atoms in total. The predicted octanol–water partition coefficient (Wildman–Crippen LogP) is 2.08. The highest BCUT2D eigenvalue weighted by Crippen LogP contribution is 2.18. The van der Waals surface area contributed by atoms with Crippen LogP contribution in [-0.2, 0) is 4.74 Å². The molecule has 6 heteroatoms. The van der Waals surface area contributed by atoms with E-state index in [0.717, 1.165) is 5.69 Å². The second-order valence-corrected chi connectivity index (χ2v) is 4.61. The number of nitrogens with zero attached hydrogens (tertiary/aromatic N) is 3. The molecule has 0 amide bonds. The van der Waals surface area contributed by atoms with Gasteiger partial charge in [-0.2, -0.15) is 0 Å². The fourth-order valence-corrected chi connectivity index (χ4v) is 2.12. The molecule has 0 aromatic carbocycles. The average Bonchev–Trinajstić information content (AvgIpc) is 2.51. The SMILES string of the molecule is F[C@@H]1COCC[C@@H]1Nc1nccc(-c2ccccn2)n1. The van der Waals surface area contributed by atoms with Gasteiger partial charge in [0, 0.05) is 19.0 Å². The Balaban J connectivity index is 1.78. The standard InChI is InChI=1S/C14H15FN4O/c15-10-9-20-8-5-11(10)18-14-17-7-4-13(19-14)12-3-1-2-6-16-12/h1-4,6-7,10-11H,5,8-9H2,(H,17,18,19)/t10-,11+/m1/s1. The molecule has 0 spiro atoms. The van der Waals surface area contributed by atoms with Crippen molar-refractivity contribution in [1.82, 2.24) is 15.0 Å². The molecule has 104 valence electrons. The van der Waals surface area contributed by atoms with Gasteiger partial charge in [0.1, 0.15) is 6.17 Å². The zero-order chi connectivity index (χ0) is 13.8. The maximum atomic E-state index is 13.7. The first kappa shape index (κ1) is 12.9. The zero-order valence-corrected chi connectivity index (χ0v) is 10.9. The van der Waals surface area contributed by atoms with Crippen LogP contribution in [0.2, 0.25) is 0 Å². The first-order valence-corrected chi connectivity index (χ1v) is 6.56. The summed E-state index contributed by atoms with van der Waals surface area (Å²) in [5.74, 6) is 0.419. The summed E-state index contributed by atoms with van der Waals surface area (Å²) < 4.78 is 18.8. The van der Waals surface area contributed by atoms with Crippen LogP contribution < -0.4 is 5.32 Å². The topological polar surface area (TPSA) is 59.9 Å². The van der Waals surface area contributed by atoms with Crippen LogP contribution in [0.5, 0.6) is 0 Å². The molecule has 1 saturated heterocycles. The molecule has 2 atom stereocenters.